The topological polar surface area (TPSA) is 100 Å². The van der Waals surface area contributed by atoms with Gasteiger partial charge >= 0.3 is 5.97 Å². The molecule has 0 radical (unpaired) electrons. The molecule has 0 unspecified atom stereocenters. The van der Waals surface area contributed by atoms with Crippen LogP contribution in [0.1, 0.15) is 27.8 Å². The number of anilines is 1. The van der Waals surface area contributed by atoms with Crippen LogP contribution in [0.4, 0.5) is 5.82 Å². The van der Waals surface area contributed by atoms with Crippen LogP contribution in [0.25, 0.3) is 0 Å². The highest BCUT2D eigenvalue weighted by atomic mass is 16.5. The molecule has 2 aromatic rings. The standard InChI is InChI=1S/C12H12N4O3/c1-2-19-12(18)8-7-15-16(10(8)13)11(17)9-5-3-4-6-14-9/h3-7H,2,13H2,1H3. The van der Waals surface area contributed by atoms with Gasteiger partial charge in [0, 0.05) is 6.20 Å². The molecule has 7 nitrogen and oxygen atoms in total. The zero-order valence-corrected chi connectivity index (χ0v) is 10.2. The first-order valence-electron chi connectivity index (χ1n) is 5.61. The van der Waals surface area contributed by atoms with Gasteiger partial charge in [-0.15, -0.1) is 0 Å². The smallest absolute Gasteiger partial charge is 0.343 e. The highest BCUT2D eigenvalue weighted by Gasteiger charge is 2.21. The Hall–Kier alpha value is -2.70. The average Bonchev–Trinajstić information content (AvgIpc) is 2.81. The molecule has 2 rings (SSSR count). The van der Waals surface area contributed by atoms with Gasteiger partial charge in [-0.2, -0.15) is 9.78 Å². The second-order valence-corrected chi connectivity index (χ2v) is 3.60. The van der Waals surface area contributed by atoms with Crippen molar-refractivity contribution in [2.75, 3.05) is 12.3 Å². The molecular weight excluding hydrogens is 248 g/mol. The fourth-order valence-corrected chi connectivity index (χ4v) is 1.48. The zero-order chi connectivity index (χ0) is 13.8. The monoisotopic (exact) mass is 260 g/mol. The van der Waals surface area contributed by atoms with Gasteiger partial charge in [-0.3, -0.25) is 9.78 Å². The Morgan fingerprint density at radius 3 is 2.84 bits per heavy atom. The number of hydrogen-bond donors (Lipinski definition) is 1. The molecule has 0 saturated heterocycles. The Morgan fingerprint density at radius 1 is 1.42 bits per heavy atom. The van der Waals surface area contributed by atoms with Crippen molar-refractivity contribution >= 4 is 17.7 Å². The number of ether oxygens (including phenoxy) is 1. The van der Waals surface area contributed by atoms with Crippen LogP contribution < -0.4 is 5.73 Å². The van der Waals surface area contributed by atoms with E-state index in [0.29, 0.717) is 0 Å². The molecule has 19 heavy (non-hydrogen) atoms. The van der Waals surface area contributed by atoms with Gasteiger partial charge in [0.15, 0.2) is 0 Å². The van der Waals surface area contributed by atoms with Crippen molar-refractivity contribution in [2.24, 2.45) is 0 Å². The summed E-state index contributed by atoms with van der Waals surface area (Å²) in [5.41, 5.74) is 5.97. The van der Waals surface area contributed by atoms with Gasteiger partial charge < -0.3 is 10.5 Å². The summed E-state index contributed by atoms with van der Waals surface area (Å²) in [6.07, 6.45) is 2.69. The second-order valence-electron chi connectivity index (χ2n) is 3.60. The Kier molecular flexibility index (Phi) is 3.56. The Balaban J connectivity index is 2.32. The molecule has 0 atom stereocenters. The maximum atomic E-state index is 12.1. The Labute approximate surface area is 109 Å². The summed E-state index contributed by atoms with van der Waals surface area (Å²) in [7, 11) is 0. The summed E-state index contributed by atoms with van der Waals surface area (Å²) in [5, 5.41) is 3.80. The highest BCUT2D eigenvalue weighted by molar-refractivity contribution is 6.00. The zero-order valence-electron chi connectivity index (χ0n) is 10.2. The van der Waals surface area contributed by atoms with E-state index in [0.717, 1.165) is 4.68 Å². The van der Waals surface area contributed by atoms with Gasteiger partial charge in [0.2, 0.25) is 0 Å². The normalized spacial score (nSPS) is 10.2. The number of carbonyl (C=O) groups is 2. The number of esters is 1. The quantitative estimate of drug-likeness (QED) is 0.816. The van der Waals surface area contributed by atoms with E-state index in [1.54, 1.807) is 19.1 Å². The number of aromatic nitrogens is 3. The number of nitrogens with zero attached hydrogens (tertiary/aromatic N) is 3. The van der Waals surface area contributed by atoms with Crippen molar-refractivity contribution in [1.29, 1.82) is 0 Å². The van der Waals surface area contributed by atoms with Crippen LogP contribution in [0.3, 0.4) is 0 Å². The van der Waals surface area contributed by atoms with E-state index in [1.165, 1.54) is 18.5 Å². The molecule has 0 fully saturated rings. The van der Waals surface area contributed by atoms with Crippen LogP contribution in [-0.2, 0) is 4.74 Å². The van der Waals surface area contributed by atoms with E-state index in [4.69, 9.17) is 10.5 Å². The van der Waals surface area contributed by atoms with E-state index in [2.05, 4.69) is 10.1 Å². The predicted molar refractivity (Wildman–Crippen MR) is 66.6 cm³/mol. The van der Waals surface area contributed by atoms with Crippen molar-refractivity contribution in [3.8, 4) is 0 Å². The number of nitrogen functional groups attached to an aromatic ring is 1. The van der Waals surface area contributed by atoms with E-state index in [-0.39, 0.29) is 23.7 Å². The minimum Gasteiger partial charge on any atom is -0.462 e. The van der Waals surface area contributed by atoms with Gasteiger partial charge in [0.25, 0.3) is 5.91 Å². The lowest BCUT2D eigenvalue weighted by Crippen LogP contribution is -2.18. The molecule has 0 aliphatic heterocycles. The molecule has 2 heterocycles. The molecule has 0 aliphatic carbocycles. The van der Waals surface area contributed by atoms with Gasteiger partial charge in [0.05, 0.1) is 12.8 Å². The molecule has 0 aliphatic rings. The molecule has 0 bridgehead atoms. The third kappa shape index (κ3) is 2.44. The summed E-state index contributed by atoms with van der Waals surface area (Å²) in [4.78, 5) is 27.5. The fourth-order valence-electron chi connectivity index (χ4n) is 1.48. The number of pyridine rings is 1. The average molecular weight is 260 g/mol. The summed E-state index contributed by atoms with van der Waals surface area (Å²) >= 11 is 0. The lowest BCUT2D eigenvalue weighted by Gasteiger charge is -2.03. The first kappa shape index (κ1) is 12.7. The van der Waals surface area contributed by atoms with Crippen molar-refractivity contribution in [2.45, 2.75) is 6.92 Å². The maximum Gasteiger partial charge on any atom is 0.343 e. The van der Waals surface area contributed by atoms with Crippen LogP contribution in [0, 0.1) is 0 Å². The summed E-state index contributed by atoms with van der Waals surface area (Å²) in [6.45, 7) is 1.90. The van der Waals surface area contributed by atoms with Gasteiger partial charge in [-0.1, -0.05) is 6.07 Å². The first-order chi connectivity index (χ1) is 9.15. The van der Waals surface area contributed by atoms with Crippen molar-refractivity contribution in [1.82, 2.24) is 14.8 Å². The lowest BCUT2D eigenvalue weighted by molar-refractivity contribution is 0.0527. The number of carbonyl (C=O) groups excluding carboxylic acids is 2. The van der Waals surface area contributed by atoms with Gasteiger partial charge in [-0.05, 0) is 19.1 Å². The van der Waals surface area contributed by atoms with E-state index < -0.39 is 11.9 Å². The molecule has 0 aromatic carbocycles. The Morgan fingerprint density at radius 2 is 2.21 bits per heavy atom. The summed E-state index contributed by atoms with van der Waals surface area (Å²) < 4.78 is 5.73. The van der Waals surface area contributed by atoms with Crippen LogP contribution in [0.2, 0.25) is 0 Å². The fraction of sp³-hybridized carbons (Fsp3) is 0.167. The van der Waals surface area contributed by atoms with E-state index in [1.807, 2.05) is 0 Å². The molecular formula is C12H12N4O3. The number of rotatable bonds is 3. The van der Waals surface area contributed by atoms with Crippen molar-refractivity contribution in [3.63, 3.8) is 0 Å². The molecule has 2 N–H and O–H groups in total. The van der Waals surface area contributed by atoms with Crippen LogP contribution in [-0.4, -0.2) is 33.2 Å². The molecule has 98 valence electrons. The van der Waals surface area contributed by atoms with Crippen LogP contribution >= 0.6 is 0 Å². The largest absolute Gasteiger partial charge is 0.462 e. The Bertz CT molecular complexity index is 607. The first-order valence-corrected chi connectivity index (χ1v) is 5.61. The highest BCUT2D eigenvalue weighted by Crippen LogP contribution is 2.13. The molecule has 0 spiro atoms. The van der Waals surface area contributed by atoms with Crippen molar-refractivity contribution < 1.29 is 14.3 Å². The molecule has 0 saturated carbocycles. The SMILES string of the molecule is CCOC(=O)c1cnn(C(=O)c2ccccn2)c1N. The molecule has 0 amide bonds. The summed E-state index contributed by atoms with van der Waals surface area (Å²) in [5.74, 6) is -1.18. The number of hydrogen-bond acceptors (Lipinski definition) is 6. The summed E-state index contributed by atoms with van der Waals surface area (Å²) in [6, 6.07) is 4.90. The van der Waals surface area contributed by atoms with Gasteiger partial charge in [-0.25, -0.2) is 4.79 Å². The van der Waals surface area contributed by atoms with Crippen molar-refractivity contribution in [3.05, 3.63) is 41.9 Å². The maximum absolute atomic E-state index is 12.1. The van der Waals surface area contributed by atoms with E-state index in [9.17, 15) is 9.59 Å². The molecule has 7 heteroatoms. The second kappa shape index (κ2) is 5.30. The van der Waals surface area contributed by atoms with Gasteiger partial charge in [0.1, 0.15) is 17.1 Å². The minimum atomic E-state index is -0.611. The third-order valence-electron chi connectivity index (χ3n) is 2.38. The number of nitrogens with two attached hydrogens (primary N) is 1. The predicted octanol–water partition coefficient (Wildman–Crippen LogP) is 0.726. The van der Waals surface area contributed by atoms with Crippen LogP contribution in [0.15, 0.2) is 30.6 Å². The lowest BCUT2D eigenvalue weighted by atomic mass is 10.3. The minimum absolute atomic E-state index is 0.0610. The molecule has 2 aromatic heterocycles. The van der Waals surface area contributed by atoms with E-state index >= 15 is 0 Å². The third-order valence-corrected chi connectivity index (χ3v) is 2.38. The van der Waals surface area contributed by atoms with Crippen LogP contribution in [0.5, 0.6) is 0 Å².